The molecule has 3 unspecified atom stereocenters. The fourth-order valence-electron chi connectivity index (χ4n) is 2.66. The van der Waals surface area contributed by atoms with Gasteiger partial charge in [-0.15, -0.1) is 0 Å². The zero-order chi connectivity index (χ0) is 11.5. The van der Waals surface area contributed by atoms with Crippen molar-refractivity contribution in [2.45, 2.75) is 39.2 Å². The molecule has 88 valence electrons. The Balaban J connectivity index is 2.07. The van der Waals surface area contributed by atoms with Crippen molar-refractivity contribution in [1.82, 2.24) is 9.97 Å². The summed E-state index contributed by atoms with van der Waals surface area (Å²) in [5, 5.41) is 3.27. The number of anilines is 1. The Morgan fingerprint density at radius 3 is 3.00 bits per heavy atom. The molecule has 4 nitrogen and oxygen atoms in total. The Morgan fingerprint density at radius 2 is 2.38 bits per heavy atom. The molecular formula is C12H19N3O. The predicted octanol–water partition coefficient (Wildman–Crippen LogP) is 2.01. The van der Waals surface area contributed by atoms with Crippen LogP contribution in [0.1, 0.15) is 33.1 Å². The van der Waals surface area contributed by atoms with Gasteiger partial charge in [-0.3, -0.25) is 4.79 Å². The van der Waals surface area contributed by atoms with Crippen LogP contribution in [0, 0.1) is 11.8 Å². The molecule has 1 fully saturated rings. The second-order valence-corrected chi connectivity index (χ2v) is 4.62. The van der Waals surface area contributed by atoms with Crippen molar-refractivity contribution in [1.29, 1.82) is 0 Å². The van der Waals surface area contributed by atoms with Crippen molar-refractivity contribution in [3.63, 3.8) is 0 Å². The van der Waals surface area contributed by atoms with Crippen molar-refractivity contribution in [3.8, 4) is 0 Å². The molecule has 1 aliphatic rings. The van der Waals surface area contributed by atoms with Crippen molar-refractivity contribution in [3.05, 3.63) is 22.7 Å². The Labute approximate surface area is 95.5 Å². The van der Waals surface area contributed by atoms with Crippen LogP contribution in [0.15, 0.2) is 17.2 Å². The van der Waals surface area contributed by atoms with Crippen molar-refractivity contribution >= 4 is 5.82 Å². The van der Waals surface area contributed by atoms with Crippen LogP contribution in [0.3, 0.4) is 0 Å². The summed E-state index contributed by atoms with van der Waals surface area (Å²) < 4.78 is 0. The Morgan fingerprint density at radius 1 is 1.56 bits per heavy atom. The molecule has 16 heavy (non-hydrogen) atoms. The molecule has 0 spiro atoms. The highest BCUT2D eigenvalue weighted by Crippen LogP contribution is 2.34. The SMILES string of the molecule is CCC1CCC(Nc2ncc[nH]c2=O)C1C. The van der Waals surface area contributed by atoms with Crippen molar-refractivity contribution in [2.24, 2.45) is 11.8 Å². The Hall–Kier alpha value is -1.32. The highest BCUT2D eigenvalue weighted by molar-refractivity contribution is 5.32. The number of aromatic amines is 1. The van der Waals surface area contributed by atoms with Crippen LogP contribution in [0.4, 0.5) is 5.82 Å². The fourth-order valence-corrected chi connectivity index (χ4v) is 2.66. The normalized spacial score (nSPS) is 29.2. The molecule has 0 bridgehead atoms. The molecular weight excluding hydrogens is 202 g/mol. The largest absolute Gasteiger partial charge is 0.362 e. The molecule has 1 aliphatic carbocycles. The highest BCUT2D eigenvalue weighted by Gasteiger charge is 2.31. The smallest absolute Gasteiger partial charge is 0.290 e. The predicted molar refractivity (Wildman–Crippen MR) is 64.4 cm³/mol. The minimum Gasteiger partial charge on any atom is -0.362 e. The van der Waals surface area contributed by atoms with Crippen LogP contribution in [0.25, 0.3) is 0 Å². The minimum atomic E-state index is -0.130. The molecule has 3 atom stereocenters. The summed E-state index contributed by atoms with van der Waals surface area (Å²) in [5.41, 5.74) is -0.130. The lowest BCUT2D eigenvalue weighted by molar-refractivity contribution is 0.391. The van der Waals surface area contributed by atoms with Gasteiger partial charge in [-0.25, -0.2) is 4.98 Å². The maximum atomic E-state index is 11.5. The van der Waals surface area contributed by atoms with E-state index in [-0.39, 0.29) is 5.56 Å². The minimum absolute atomic E-state index is 0.130. The van der Waals surface area contributed by atoms with Crippen LogP contribution >= 0.6 is 0 Å². The van der Waals surface area contributed by atoms with E-state index in [4.69, 9.17) is 0 Å². The molecule has 0 aliphatic heterocycles. The molecule has 1 aromatic rings. The van der Waals surface area contributed by atoms with Gasteiger partial charge in [0.2, 0.25) is 0 Å². The lowest BCUT2D eigenvalue weighted by Gasteiger charge is -2.20. The summed E-state index contributed by atoms with van der Waals surface area (Å²) in [6, 6.07) is 0.390. The molecule has 1 aromatic heterocycles. The third-order valence-electron chi connectivity index (χ3n) is 3.78. The van der Waals surface area contributed by atoms with Gasteiger partial charge in [-0.1, -0.05) is 20.3 Å². The van der Waals surface area contributed by atoms with E-state index in [2.05, 4.69) is 29.1 Å². The first kappa shape index (κ1) is 11.2. The van der Waals surface area contributed by atoms with Gasteiger partial charge in [0.05, 0.1) is 0 Å². The van der Waals surface area contributed by atoms with E-state index in [0.717, 1.165) is 12.3 Å². The van der Waals surface area contributed by atoms with E-state index >= 15 is 0 Å². The standard InChI is InChI=1S/C12H19N3O/c1-3-9-4-5-10(8(9)2)15-11-12(16)14-7-6-13-11/h6-10H,3-5H2,1-2H3,(H,13,15)(H,14,16). The van der Waals surface area contributed by atoms with Gasteiger partial charge in [0.15, 0.2) is 5.82 Å². The van der Waals surface area contributed by atoms with Crippen molar-refractivity contribution < 1.29 is 0 Å². The van der Waals surface area contributed by atoms with Gasteiger partial charge in [-0.2, -0.15) is 0 Å². The quantitative estimate of drug-likeness (QED) is 0.820. The van der Waals surface area contributed by atoms with Gasteiger partial charge in [0.1, 0.15) is 0 Å². The van der Waals surface area contributed by atoms with Gasteiger partial charge in [-0.05, 0) is 24.7 Å². The van der Waals surface area contributed by atoms with E-state index in [0.29, 0.717) is 17.8 Å². The van der Waals surface area contributed by atoms with E-state index in [1.165, 1.54) is 12.8 Å². The monoisotopic (exact) mass is 221 g/mol. The van der Waals surface area contributed by atoms with E-state index < -0.39 is 0 Å². The van der Waals surface area contributed by atoms with Gasteiger partial charge < -0.3 is 10.3 Å². The average molecular weight is 221 g/mol. The van der Waals surface area contributed by atoms with E-state index in [1.54, 1.807) is 12.4 Å². The molecule has 0 radical (unpaired) electrons. The van der Waals surface area contributed by atoms with Gasteiger partial charge in [0.25, 0.3) is 5.56 Å². The average Bonchev–Trinajstić information content (AvgIpc) is 2.63. The second-order valence-electron chi connectivity index (χ2n) is 4.62. The zero-order valence-electron chi connectivity index (χ0n) is 9.86. The summed E-state index contributed by atoms with van der Waals surface area (Å²) in [4.78, 5) is 18.2. The maximum Gasteiger partial charge on any atom is 0.290 e. The Bertz CT molecular complexity index is 401. The molecule has 1 heterocycles. The first-order valence-electron chi connectivity index (χ1n) is 6.02. The number of nitrogens with one attached hydrogen (secondary N) is 2. The highest BCUT2D eigenvalue weighted by atomic mass is 16.1. The van der Waals surface area contributed by atoms with E-state index in [1.807, 2.05) is 0 Å². The van der Waals surface area contributed by atoms with Gasteiger partial charge >= 0.3 is 0 Å². The lowest BCUT2D eigenvalue weighted by Crippen LogP contribution is -2.28. The number of hydrogen-bond donors (Lipinski definition) is 2. The summed E-state index contributed by atoms with van der Waals surface area (Å²) in [6.45, 7) is 4.49. The summed E-state index contributed by atoms with van der Waals surface area (Å²) in [6.07, 6.45) is 6.77. The summed E-state index contributed by atoms with van der Waals surface area (Å²) in [7, 11) is 0. The lowest BCUT2D eigenvalue weighted by atomic mass is 9.93. The van der Waals surface area contributed by atoms with Crippen molar-refractivity contribution in [2.75, 3.05) is 5.32 Å². The third-order valence-corrected chi connectivity index (χ3v) is 3.78. The van der Waals surface area contributed by atoms with E-state index in [9.17, 15) is 4.79 Å². The molecule has 0 amide bonds. The number of rotatable bonds is 3. The molecule has 1 saturated carbocycles. The summed E-state index contributed by atoms with van der Waals surface area (Å²) in [5.74, 6) is 1.85. The van der Waals surface area contributed by atoms with Gasteiger partial charge in [0, 0.05) is 18.4 Å². The second kappa shape index (κ2) is 4.68. The summed E-state index contributed by atoms with van der Waals surface area (Å²) >= 11 is 0. The van der Waals surface area contributed by atoms with Crippen LogP contribution in [-0.2, 0) is 0 Å². The zero-order valence-corrected chi connectivity index (χ0v) is 9.86. The number of hydrogen-bond acceptors (Lipinski definition) is 3. The maximum absolute atomic E-state index is 11.5. The molecule has 0 aromatic carbocycles. The Kier molecular flexibility index (Phi) is 3.27. The van der Waals surface area contributed by atoms with Crippen LogP contribution in [-0.4, -0.2) is 16.0 Å². The topological polar surface area (TPSA) is 57.8 Å². The van der Waals surface area contributed by atoms with Crippen LogP contribution < -0.4 is 10.9 Å². The molecule has 2 N–H and O–H groups in total. The molecule has 0 saturated heterocycles. The number of H-pyrrole nitrogens is 1. The number of nitrogens with zero attached hydrogens (tertiary/aromatic N) is 1. The van der Waals surface area contributed by atoms with Crippen LogP contribution in [0.5, 0.6) is 0 Å². The first-order chi connectivity index (χ1) is 7.72. The third kappa shape index (κ3) is 2.10. The first-order valence-corrected chi connectivity index (χ1v) is 6.02. The molecule has 2 rings (SSSR count). The fraction of sp³-hybridized carbons (Fsp3) is 0.667. The molecule has 4 heteroatoms. The number of aromatic nitrogens is 2. The van der Waals surface area contributed by atoms with Crippen LogP contribution in [0.2, 0.25) is 0 Å².